The quantitative estimate of drug-likeness (QED) is 0.703. The first-order valence-electron chi connectivity index (χ1n) is 10.3. The van der Waals surface area contributed by atoms with Crippen molar-refractivity contribution in [2.75, 3.05) is 36.8 Å². The van der Waals surface area contributed by atoms with Gasteiger partial charge in [-0.1, -0.05) is 11.8 Å². The number of hydrogen-bond donors (Lipinski definition) is 0. The van der Waals surface area contributed by atoms with Crippen molar-refractivity contribution in [3.05, 3.63) is 40.1 Å². The molecule has 1 amide bonds. The number of rotatable bonds is 3. The highest BCUT2D eigenvalue weighted by molar-refractivity contribution is 7.99. The monoisotopic (exact) mass is 412 g/mol. The Morgan fingerprint density at radius 2 is 1.86 bits per heavy atom. The molecule has 1 aliphatic carbocycles. The number of hydrogen-bond acceptors (Lipinski definition) is 7. The third-order valence-corrected chi connectivity index (χ3v) is 7.10. The van der Waals surface area contributed by atoms with Crippen LogP contribution < -0.4 is 10.5 Å². The first-order chi connectivity index (χ1) is 14.2. The molecule has 2 aromatic rings. The average Bonchev–Trinajstić information content (AvgIpc) is 3.17. The molecule has 0 radical (unpaired) electrons. The third kappa shape index (κ3) is 3.52. The molecule has 152 valence electrons. The van der Waals surface area contributed by atoms with Crippen molar-refractivity contribution in [2.45, 2.75) is 43.3 Å². The summed E-state index contributed by atoms with van der Waals surface area (Å²) in [6.07, 6.45) is 7.71. The van der Waals surface area contributed by atoms with Crippen LogP contribution in [0, 0.1) is 0 Å². The maximum absolute atomic E-state index is 13.0. The van der Waals surface area contributed by atoms with E-state index in [1.807, 2.05) is 4.90 Å². The summed E-state index contributed by atoms with van der Waals surface area (Å²) in [5.74, 6) is 1.57. The average molecular weight is 413 g/mol. The van der Waals surface area contributed by atoms with Crippen LogP contribution in [0.3, 0.4) is 0 Å². The molecular weight excluding hydrogens is 388 g/mol. The fourth-order valence-electron chi connectivity index (χ4n) is 4.41. The van der Waals surface area contributed by atoms with Crippen molar-refractivity contribution < 1.29 is 4.79 Å². The van der Waals surface area contributed by atoms with Crippen LogP contribution in [0.15, 0.2) is 28.4 Å². The summed E-state index contributed by atoms with van der Waals surface area (Å²) in [5, 5.41) is 0.791. The van der Waals surface area contributed by atoms with E-state index in [4.69, 9.17) is 4.98 Å². The number of aromatic nitrogens is 4. The second-order valence-corrected chi connectivity index (χ2v) is 8.77. The van der Waals surface area contributed by atoms with E-state index >= 15 is 0 Å². The van der Waals surface area contributed by atoms with Crippen LogP contribution in [0.25, 0.3) is 0 Å². The number of nitrogens with zero attached hydrogens (tertiary/aromatic N) is 6. The van der Waals surface area contributed by atoms with Gasteiger partial charge in [0.1, 0.15) is 0 Å². The van der Waals surface area contributed by atoms with E-state index in [1.165, 1.54) is 0 Å². The lowest BCUT2D eigenvalue weighted by Crippen LogP contribution is -2.49. The van der Waals surface area contributed by atoms with Gasteiger partial charge in [0, 0.05) is 56.3 Å². The molecule has 0 N–H and O–H groups in total. The SMILES string of the molecule is O=C(CC1CSc2nc3c(c(=O)n21)CCCC3)N1CCN(c2ncccn2)CC1. The minimum absolute atomic E-state index is 0.0820. The van der Waals surface area contributed by atoms with Gasteiger partial charge >= 0.3 is 0 Å². The predicted octanol–water partition coefficient (Wildman–Crippen LogP) is 1.30. The lowest BCUT2D eigenvalue weighted by molar-refractivity contribution is -0.132. The van der Waals surface area contributed by atoms with Crippen LogP contribution in [0.4, 0.5) is 5.95 Å². The van der Waals surface area contributed by atoms with Gasteiger partial charge in [0.2, 0.25) is 11.9 Å². The van der Waals surface area contributed by atoms with Crippen molar-refractivity contribution in [3.63, 3.8) is 0 Å². The summed E-state index contributed by atoms with van der Waals surface area (Å²) in [4.78, 5) is 43.3. The van der Waals surface area contributed by atoms with Crippen LogP contribution in [0.2, 0.25) is 0 Å². The summed E-state index contributed by atoms with van der Waals surface area (Å²) in [7, 11) is 0. The summed E-state index contributed by atoms with van der Waals surface area (Å²) < 4.78 is 1.79. The fourth-order valence-corrected chi connectivity index (χ4v) is 5.56. The van der Waals surface area contributed by atoms with Crippen LogP contribution >= 0.6 is 11.8 Å². The number of fused-ring (bicyclic) bond motifs is 2. The van der Waals surface area contributed by atoms with Gasteiger partial charge in [-0.05, 0) is 31.7 Å². The van der Waals surface area contributed by atoms with Crippen molar-refractivity contribution in [1.82, 2.24) is 24.4 Å². The van der Waals surface area contributed by atoms with Gasteiger partial charge in [0.05, 0.1) is 11.7 Å². The lowest BCUT2D eigenvalue weighted by Gasteiger charge is -2.35. The number of carbonyl (C=O) groups excluding carboxylic acids is 1. The molecular formula is C20H24N6O2S. The van der Waals surface area contributed by atoms with Crippen LogP contribution in [-0.4, -0.2) is 62.3 Å². The van der Waals surface area contributed by atoms with Gasteiger partial charge in [-0.15, -0.1) is 0 Å². The molecule has 1 saturated heterocycles. The van der Waals surface area contributed by atoms with Crippen molar-refractivity contribution in [2.24, 2.45) is 0 Å². The van der Waals surface area contributed by atoms with Crippen LogP contribution in [0.5, 0.6) is 0 Å². The summed E-state index contributed by atoms with van der Waals surface area (Å²) in [6.45, 7) is 2.75. The largest absolute Gasteiger partial charge is 0.339 e. The van der Waals surface area contributed by atoms with E-state index in [1.54, 1.807) is 34.8 Å². The summed E-state index contributed by atoms with van der Waals surface area (Å²) >= 11 is 1.61. The van der Waals surface area contributed by atoms with Crippen LogP contribution in [-0.2, 0) is 17.6 Å². The second kappa shape index (κ2) is 7.78. The molecule has 9 heteroatoms. The van der Waals surface area contributed by atoms with Gasteiger partial charge in [-0.25, -0.2) is 15.0 Å². The van der Waals surface area contributed by atoms with Gasteiger partial charge in [-0.2, -0.15) is 0 Å². The van der Waals surface area contributed by atoms with Gasteiger partial charge in [0.25, 0.3) is 5.56 Å². The van der Waals surface area contributed by atoms with E-state index in [-0.39, 0.29) is 17.5 Å². The summed E-state index contributed by atoms with van der Waals surface area (Å²) in [6, 6.07) is 1.71. The van der Waals surface area contributed by atoms with Crippen molar-refractivity contribution in [1.29, 1.82) is 0 Å². The molecule has 0 spiro atoms. The molecule has 2 aromatic heterocycles. The predicted molar refractivity (Wildman–Crippen MR) is 110 cm³/mol. The Hall–Kier alpha value is -2.42. The molecule has 5 rings (SSSR count). The third-order valence-electron chi connectivity index (χ3n) is 6.00. The number of carbonyl (C=O) groups is 1. The Morgan fingerprint density at radius 1 is 1.10 bits per heavy atom. The molecule has 3 aliphatic rings. The number of piperazine rings is 1. The Balaban J connectivity index is 1.26. The van der Waals surface area contributed by atoms with Gasteiger partial charge in [-0.3, -0.25) is 14.2 Å². The molecule has 0 bridgehead atoms. The molecule has 8 nitrogen and oxygen atoms in total. The zero-order chi connectivity index (χ0) is 19.8. The molecule has 2 aliphatic heterocycles. The van der Waals surface area contributed by atoms with E-state index < -0.39 is 0 Å². The fraction of sp³-hybridized carbons (Fsp3) is 0.550. The molecule has 4 heterocycles. The Labute approximate surface area is 173 Å². The maximum atomic E-state index is 13.0. The molecule has 1 fully saturated rings. The van der Waals surface area contributed by atoms with Crippen LogP contribution in [0.1, 0.15) is 36.6 Å². The molecule has 1 unspecified atom stereocenters. The Bertz CT molecular complexity index is 971. The first-order valence-corrected chi connectivity index (χ1v) is 11.3. The Kier molecular flexibility index (Phi) is 4.99. The van der Waals surface area contributed by atoms with E-state index in [0.29, 0.717) is 25.5 Å². The number of thioether (sulfide) groups is 1. The standard InChI is InChI=1S/C20H24N6O2S/c27-17(24-8-10-25(11-9-24)19-21-6-3-7-22-19)12-14-13-29-20-23-16-5-2-1-4-15(16)18(28)26(14)20/h3,6-7,14H,1-2,4-5,8-13H2. The Morgan fingerprint density at radius 3 is 2.66 bits per heavy atom. The molecule has 29 heavy (non-hydrogen) atoms. The zero-order valence-electron chi connectivity index (χ0n) is 16.3. The number of amides is 1. The maximum Gasteiger partial charge on any atom is 0.257 e. The smallest absolute Gasteiger partial charge is 0.257 e. The van der Waals surface area contributed by atoms with Gasteiger partial charge in [0.15, 0.2) is 5.16 Å². The minimum Gasteiger partial charge on any atom is -0.339 e. The highest BCUT2D eigenvalue weighted by Gasteiger charge is 2.32. The van der Waals surface area contributed by atoms with Crippen molar-refractivity contribution >= 4 is 23.6 Å². The normalized spacial score (nSPS) is 21.0. The molecule has 0 saturated carbocycles. The van der Waals surface area contributed by atoms with E-state index in [0.717, 1.165) is 60.9 Å². The highest BCUT2D eigenvalue weighted by atomic mass is 32.2. The molecule has 0 aromatic carbocycles. The second-order valence-electron chi connectivity index (χ2n) is 7.79. The number of aryl methyl sites for hydroxylation is 1. The molecule has 1 atom stereocenters. The number of anilines is 1. The van der Waals surface area contributed by atoms with E-state index in [2.05, 4.69) is 14.9 Å². The topological polar surface area (TPSA) is 84.2 Å². The zero-order valence-corrected chi connectivity index (χ0v) is 17.1. The highest BCUT2D eigenvalue weighted by Crippen LogP contribution is 2.34. The lowest BCUT2D eigenvalue weighted by atomic mass is 9.97. The summed E-state index contributed by atoms with van der Waals surface area (Å²) in [5.41, 5.74) is 1.93. The van der Waals surface area contributed by atoms with Crippen molar-refractivity contribution in [3.8, 4) is 0 Å². The van der Waals surface area contributed by atoms with Gasteiger partial charge < -0.3 is 9.80 Å². The first kappa shape index (κ1) is 18.6. The van der Waals surface area contributed by atoms with E-state index in [9.17, 15) is 9.59 Å². The minimum atomic E-state index is -0.0924.